The molecule has 2 aromatic rings. The van der Waals surface area contributed by atoms with E-state index in [4.69, 9.17) is 0 Å². The van der Waals surface area contributed by atoms with Gasteiger partial charge in [0.05, 0.1) is 18.8 Å². The monoisotopic (exact) mass is 288 g/mol. The van der Waals surface area contributed by atoms with E-state index in [1.165, 1.54) is 18.4 Å². The van der Waals surface area contributed by atoms with E-state index in [2.05, 4.69) is 59.2 Å². The molecule has 0 amide bonds. The summed E-state index contributed by atoms with van der Waals surface area (Å²) in [6.07, 6.45) is 6.49. The fourth-order valence-electron chi connectivity index (χ4n) is 2.53. The van der Waals surface area contributed by atoms with E-state index >= 15 is 0 Å². The van der Waals surface area contributed by atoms with Gasteiger partial charge < -0.3 is 9.88 Å². The molecule has 1 N–H and O–H groups in total. The van der Waals surface area contributed by atoms with Crippen LogP contribution in [0.3, 0.4) is 0 Å². The number of aryl methyl sites for hydroxylation is 1. The first-order chi connectivity index (χ1) is 10.1. The fourth-order valence-corrected chi connectivity index (χ4v) is 2.53. The Morgan fingerprint density at radius 3 is 2.71 bits per heavy atom. The van der Waals surface area contributed by atoms with Crippen LogP contribution in [-0.2, 0) is 13.6 Å². The SMILES string of the molecule is Cc1cnn(C(C)C(C)NCc2nnc(C3CC3)n2C)c1. The van der Waals surface area contributed by atoms with Crippen molar-refractivity contribution in [1.82, 2.24) is 29.9 Å². The molecule has 1 aliphatic rings. The Morgan fingerprint density at radius 1 is 1.33 bits per heavy atom. The molecule has 0 spiro atoms. The van der Waals surface area contributed by atoms with Gasteiger partial charge in [-0.15, -0.1) is 10.2 Å². The minimum Gasteiger partial charge on any atom is -0.317 e. The summed E-state index contributed by atoms with van der Waals surface area (Å²) in [5.41, 5.74) is 1.19. The molecule has 2 atom stereocenters. The van der Waals surface area contributed by atoms with Crippen molar-refractivity contribution >= 4 is 0 Å². The Bertz CT molecular complexity index is 609. The van der Waals surface area contributed by atoms with Crippen molar-refractivity contribution < 1.29 is 0 Å². The van der Waals surface area contributed by atoms with Gasteiger partial charge in [-0.2, -0.15) is 5.10 Å². The predicted octanol–water partition coefficient (Wildman–Crippen LogP) is 1.94. The van der Waals surface area contributed by atoms with Gasteiger partial charge in [0, 0.05) is 25.2 Å². The van der Waals surface area contributed by atoms with Gasteiger partial charge in [-0.3, -0.25) is 4.68 Å². The van der Waals surface area contributed by atoms with E-state index in [1.54, 1.807) is 0 Å². The molecule has 21 heavy (non-hydrogen) atoms. The zero-order valence-electron chi connectivity index (χ0n) is 13.2. The number of hydrogen-bond donors (Lipinski definition) is 1. The van der Waals surface area contributed by atoms with Gasteiger partial charge in [0.2, 0.25) is 0 Å². The molecular weight excluding hydrogens is 264 g/mol. The third kappa shape index (κ3) is 3.00. The first-order valence-electron chi connectivity index (χ1n) is 7.68. The fraction of sp³-hybridized carbons (Fsp3) is 0.667. The number of rotatable bonds is 6. The normalized spacial score (nSPS) is 17.9. The maximum absolute atomic E-state index is 4.39. The summed E-state index contributed by atoms with van der Waals surface area (Å²) in [5.74, 6) is 2.78. The van der Waals surface area contributed by atoms with E-state index in [-0.39, 0.29) is 0 Å². The van der Waals surface area contributed by atoms with Crippen LogP contribution in [0.4, 0.5) is 0 Å². The lowest BCUT2D eigenvalue weighted by Gasteiger charge is -2.21. The largest absolute Gasteiger partial charge is 0.317 e. The second-order valence-electron chi connectivity index (χ2n) is 6.22. The average molecular weight is 288 g/mol. The standard InChI is InChI=1S/C15H24N6/c1-10-7-17-21(9-10)12(3)11(2)16-8-14-18-19-15(20(14)4)13-5-6-13/h7,9,11-13,16H,5-6,8H2,1-4H3. The van der Waals surface area contributed by atoms with Crippen molar-refractivity contribution in [3.63, 3.8) is 0 Å². The first kappa shape index (κ1) is 14.3. The molecule has 1 saturated carbocycles. The summed E-state index contributed by atoms with van der Waals surface area (Å²) >= 11 is 0. The van der Waals surface area contributed by atoms with Crippen molar-refractivity contribution in [2.45, 2.75) is 58.2 Å². The molecule has 2 aromatic heterocycles. The second-order valence-corrected chi connectivity index (χ2v) is 6.22. The van der Waals surface area contributed by atoms with Crippen LogP contribution in [0.25, 0.3) is 0 Å². The van der Waals surface area contributed by atoms with E-state index in [1.807, 2.05) is 10.9 Å². The van der Waals surface area contributed by atoms with Crippen molar-refractivity contribution in [2.24, 2.45) is 7.05 Å². The van der Waals surface area contributed by atoms with Crippen molar-refractivity contribution in [3.8, 4) is 0 Å². The molecule has 1 fully saturated rings. The first-order valence-corrected chi connectivity index (χ1v) is 7.68. The van der Waals surface area contributed by atoms with Gasteiger partial charge in [0.15, 0.2) is 0 Å². The van der Waals surface area contributed by atoms with E-state index in [0.29, 0.717) is 18.0 Å². The highest BCUT2D eigenvalue weighted by molar-refractivity contribution is 5.07. The van der Waals surface area contributed by atoms with Crippen LogP contribution in [0, 0.1) is 6.92 Å². The van der Waals surface area contributed by atoms with Crippen molar-refractivity contribution in [2.75, 3.05) is 0 Å². The Kier molecular flexibility index (Phi) is 3.80. The third-order valence-corrected chi connectivity index (χ3v) is 4.39. The summed E-state index contributed by atoms with van der Waals surface area (Å²) < 4.78 is 4.15. The summed E-state index contributed by atoms with van der Waals surface area (Å²) in [6.45, 7) is 7.16. The van der Waals surface area contributed by atoms with Gasteiger partial charge in [0.25, 0.3) is 0 Å². The van der Waals surface area contributed by atoms with Crippen LogP contribution in [0.15, 0.2) is 12.4 Å². The lowest BCUT2D eigenvalue weighted by atomic mass is 10.2. The van der Waals surface area contributed by atoms with E-state index in [0.717, 1.165) is 18.2 Å². The Balaban J connectivity index is 1.59. The zero-order valence-corrected chi connectivity index (χ0v) is 13.2. The molecule has 0 saturated heterocycles. The van der Waals surface area contributed by atoms with Gasteiger partial charge in [-0.1, -0.05) is 0 Å². The maximum atomic E-state index is 4.39. The molecule has 0 aliphatic heterocycles. The number of nitrogens with zero attached hydrogens (tertiary/aromatic N) is 5. The zero-order chi connectivity index (χ0) is 15.0. The van der Waals surface area contributed by atoms with Crippen LogP contribution < -0.4 is 5.32 Å². The topological polar surface area (TPSA) is 60.6 Å². The molecule has 2 heterocycles. The van der Waals surface area contributed by atoms with Gasteiger partial charge in [0.1, 0.15) is 11.6 Å². The van der Waals surface area contributed by atoms with E-state index < -0.39 is 0 Å². The third-order valence-electron chi connectivity index (χ3n) is 4.39. The molecule has 114 valence electrons. The lowest BCUT2D eigenvalue weighted by molar-refractivity contribution is 0.360. The van der Waals surface area contributed by atoms with Crippen LogP contribution in [0.2, 0.25) is 0 Å². The number of aromatic nitrogens is 5. The Morgan fingerprint density at radius 2 is 2.10 bits per heavy atom. The van der Waals surface area contributed by atoms with Crippen molar-refractivity contribution in [3.05, 3.63) is 29.6 Å². The molecule has 0 bridgehead atoms. The maximum Gasteiger partial charge on any atom is 0.146 e. The van der Waals surface area contributed by atoms with Crippen LogP contribution in [0.1, 0.15) is 55.9 Å². The van der Waals surface area contributed by atoms with Gasteiger partial charge >= 0.3 is 0 Å². The number of hydrogen-bond acceptors (Lipinski definition) is 4. The summed E-state index contributed by atoms with van der Waals surface area (Å²) in [4.78, 5) is 0. The van der Waals surface area contributed by atoms with E-state index in [9.17, 15) is 0 Å². The van der Waals surface area contributed by atoms with Gasteiger partial charge in [-0.25, -0.2) is 0 Å². The van der Waals surface area contributed by atoms with Crippen LogP contribution in [0.5, 0.6) is 0 Å². The highest BCUT2D eigenvalue weighted by Gasteiger charge is 2.29. The highest BCUT2D eigenvalue weighted by atomic mass is 15.3. The predicted molar refractivity (Wildman–Crippen MR) is 81.0 cm³/mol. The molecular formula is C15H24N6. The second kappa shape index (κ2) is 5.60. The average Bonchev–Trinajstić information content (AvgIpc) is 3.11. The molecule has 6 nitrogen and oxygen atoms in total. The number of nitrogens with one attached hydrogen (secondary N) is 1. The summed E-state index contributed by atoms with van der Waals surface area (Å²) in [6, 6.07) is 0.611. The molecule has 3 rings (SSSR count). The van der Waals surface area contributed by atoms with Gasteiger partial charge in [-0.05, 0) is 39.2 Å². The smallest absolute Gasteiger partial charge is 0.146 e. The molecule has 1 aliphatic carbocycles. The van der Waals surface area contributed by atoms with Crippen LogP contribution >= 0.6 is 0 Å². The van der Waals surface area contributed by atoms with Crippen LogP contribution in [-0.4, -0.2) is 30.6 Å². The quantitative estimate of drug-likeness (QED) is 0.882. The summed E-state index contributed by atoms with van der Waals surface area (Å²) in [7, 11) is 2.07. The Labute approximate surface area is 125 Å². The minimum atomic E-state index is 0.301. The highest BCUT2D eigenvalue weighted by Crippen LogP contribution is 2.38. The van der Waals surface area contributed by atoms with Crippen molar-refractivity contribution in [1.29, 1.82) is 0 Å². The molecule has 0 radical (unpaired) electrons. The summed E-state index contributed by atoms with van der Waals surface area (Å²) in [5, 5.41) is 16.6. The lowest BCUT2D eigenvalue weighted by Crippen LogP contribution is -2.34. The molecule has 6 heteroatoms. The molecule has 2 unspecified atom stereocenters. The minimum absolute atomic E-state index is 0.301. The Hall–Kier alpha value is -1.69. The molecule has 0 aromatic carbocycles.